The molecule has 0 bridgehead atoms. The van der Waals surface area contributed by atoms with Crippen molar-refractivity contribution in [2.45, 2.75) is 38.3 Å². The molecule has 0 aliphatic carbocycles. The van der Waals surface area contributed by atoms with Gasteiger partial charge in [0.1, 0.15) is 12.1 Å². The Hall–Kier alpha value is -2.27. The van der Waals surface area contributed by atoms with Crippen molar-refractivity contribution in [2.24, 2.45) is 0 Å². The highest BCUT2D eigenvalue weighted by Gasteiger charge is 2.44. The Kier molecular flexibility index (Phi) is 4.02. The minimum Gasteiger partial charge on any atom is -0.444 e. The number of carbonyl (C=O) groups excluding carboxylic acids is 1. The minimum atomic E-state index is -4.72. The van der Waals surface area contributed by atoms with Gasteiger partial charge in [-0.25, -0.2) is 9.64 Å². The summed E-state index contributed by atoms with van der Waals surface area (Å²) in [4.78, 5) is 15.7. The van der Waals surface area contributed by atoms with Crippen LogP contribution in [-0.2, 0) is 10.9 Å². The van der Waals surface area contributed by atoms with Crippen LogP contribution in [0, 0.1) is 6.57 Å². The van der Waals surface area contributed by atoms with E-state index in [-0.39, 0.29) is 5.69 Å². The number of rotatable bonds is 2. The van der Waals surface area contributed by atoms with Gasteiger partial charge in [0.2, 0.25) is 0 Å². The second-order valence-electron chi connectivity index (χ2n) is 5.00. The standard InChI is InChI=1S/C14H13F3N2O3/c1-7(20)12-8(2)22-13(21)19(12)9-4-5-11(18-3)10(6-9)14(15,16)17/h4-8,12,20H,1-2H3/t7-,8+,12-/m0/s1. The summed E-state index contributed by atoms with van der Waals surface area (Å²) in [5.41, 5.74) is -1.75. The molecule has 2 rings (SSSR count). The monoisotopic (exact) mass is 314 g/mol. The molecule has 3 atom stereocenters. The number of aliphatic hydroxyl groups is 1. The second kappa shape index (κ2) is 5.50. The van der Waals surface area contributed by atoms with Crippen molar-refractivity contribution in [2.75, 3.05) is 4.90 Å². The molecule has 0 aromatic heterocycles. The normalized spacial score (nSPS) is 23.1. The summed E-state index contributed by atoms with van der Waals surface area (Å²) >= 11 is 0. The van der Waals surface area contributed by atoms with Gasteiger partial charge in [-0.3, -0.25) is 4.90 Å². The van der Waals surface area contributed by atoms with Crippen LogP contribution < -0.4 is 4.90 Å². The molecule has 22 heavy (non-hydrogen) atoms. The van der Waals surface area contributed by atoms with E-state index in [2.05, 4.69) is 4.85 Å². The van der Waals surface area contributed by atoms with E-state index in [9.17, 15) is 23.1 Å². The molecule has 5 nitrogen and oxygen atoms in total. The zero-order valence-corrected chi connectivity index (χ0v) is 11.8. The highest BCUT2D eigenvalue weighted by Crippen LogP contribution is 2.40. The zero-order chi connectivity index (χ0) is 16.7. The van der Waals surface area contributed by atoms with E-state index in [0.29, 0.717) is 0 Å². The Morgan fingerprint density at radius 2 is 2.09 bits per heavy atom. The van der Waals surface area contributed by atoms with Crippen molar-refractivity contribution in [1.82, 2.24) is 0 Å². The maximum Gasteiger partial charge on any atom is 0.415 e. The predicted molar refractivity (Wildman–Crippen MR) is 71.6 cm³/mol. The number of alkyl halides is 3. The topological polar surface area (TPSA) is 54.1 Å². The highest BCUT2D eigenvalue weighted by molar-refractivity contribution is 5.91. The van der Waals surface area contributed by atoms with Crippen molar-refractivity contribution < 1.29 is 27.8 Å². The van der Waals surface area contributed by atoms with Gasteiger partial charge in [-0.2, -0.15) is 13.2 Å². The summed E-state index contributed by atoms with van der Waals surface area (Å²) in [7, 11) is 0. The largest absolute Gasteiger partial charge is 0.444 e. The molecule has 0 spiro atoms. The molecule has 0 unspecified atom stereocenters. The lowest BCUT2D eigenvalue weighted by Gasteiger charge is -2.26. The van der Waals surface area contributed by atoms with Gasteiger partial charge >= 0.3 is 12.3 Å². The maximum atomic E-state index is 13.0. The van der Waals surface area contributed by atoms with E-state index < -0.39 is 41.8 Å². The van der Waals surface area contributed by atoms with Crippen LogP contribution in [0.1, 0.15) is 19.4 Å². The molecular formula is C14H13F3N2O3. The Bertz CT molecular complexity index is 637. The molecule has 1 amide bonds. The Morgan fingerprint density at radius 1 is 1.45 bits per heavy atom. The lowest BCUT2D eigenvalue weighted by Crippen LogP contribution is -2.43. The van der Waals surface area contributed by atoms with Crippen molar-refractivity contribution in [3.05, 3.63) is 35.2 Å². The molecule has 1 fully saturated rings. The van der Waals surface area contributed by atoms with Crippen LogP contribution >= 0.6 is 0 Å². The fourth-order valence-corrected chi connectivity index (χ4v) is 2.50. The molecule has 8 heteroatoms. The quantitative estimate of drug-likeness (QED) is 0.852. The Balaban J connectivity index is 2.53. The number of halogens is 3. The molecule has 1 aliphatic heterocycles. The van der Waals surface area contributed by atoms with Crippen LogP contribution in [0.4, 0.5) is 29.3 Å². The van der Waals surface area contributed by atoms with Crippen LogP contribution in [0.5, 0.6) is 0 Å². The predicted octanol–water partition coefficient (Wildman–Crippen LogP) is 3.35. The molecule has 0 radical (unpaired) electrons. The summed E-state index contributed by atoms with van der Waals surface area (Å²) in [5.74, 6) is 0. The van der Waals surface area contributed by atoms with E-state index in [1.54, 1.807) is 6.92 Å². The molecule has 1 heterocycles. The molecule has 1 aromatic carbocycles. The van der Waals surface area contributed by atoms with Crippen molar-refractivity contribution >= 4 is 17.5 Å². The van der Waals surface area contributed by atoms with Gasteiger partial charge in [0.15, 0.2) is 5.69 Å². The number of anilines is 1. The summed E-state index contributed by atoms with van der Waals surface area (Å²) in [6.45, 7) is 9.78. The molecule has 0 saturated carbocycles. The first-order chi connectivity index (χ1) is 10.2. The number of amides is 1. The lowest BCUT2D eigenvalue weighted by atomic mass is 10.0. The van der Waals surface area contributed by atoms with Gasteiger partial charge in [0, 0.05) is 5.69 Å². The minimum absolute atomic E-state index is 0.0695. The van der Waals surface area contributed by atoms with Gasteiger partial charge in [-0.15, -0.1) is 0 Å². The SMILES string of the molecule is [C-]#[N+]c1ccc(N2C(=O)O[C@H](C)[C@@H]2[C@H](C)O)cc1C(F)(F)F. The number of carbonyl (C=O) groups is 1. The van der Waals surface area contributed by atoms with Crippen LogP contribution in [0.3, 0.4) is 0 Å². The molecule has 1 aromatic rings. The van der Waals surface area contributed by atoms with Crippen LogP contribution in [-0.4, -0.2) is 29.4 Å². The molecular weight excluding hydrogens is 301 g/mol. The third kappa shape index (κ3) is 2.72. The number of hydrogen-bond acceptors (Lipinski definition) is 3. The van der Waals surface area contributed by atoms with Crippen molar-refractivity contribution in [3.8, 4) is 0 Å². The van der Waals surface area contributed by atoms with Gasteiger partial charge in [-0.05, 0) is 26.0 Å². The third-order valence-corrected chi connectivity index (χ3v) is 3.44. The average molecular weight is 314 g/mol. The summed E-state index contributed by atoms with van der Waals surface area (Å²) in [5, 5.41) is 9.76. The van der Waals surface area contributed by atoms with E-state index in [1.165, 1.54) is 13.0 Å². The van der Waals surface area contributed by atoms with E-state index >= 15 is 0 Å². The molecule has 1 N–H and O–H groups in total. The van der Waals surface area contributed by atoms with Crippen molar-refractivity contribution in [3.63, 3.8) is 0 Å². The number of aliphatic hydroxyl groups excluding tert-OH is 1. The fourth-order valence-electron chi connectivity index (χ4n) is 2.50. The first kappa shape index (κ1) is 16.1. The smallest absolute Gasteiger partial charge is 0.415 e. The Labute approximate surface area is 124 Å². The van der Waals surface area contributed by atoms with Crippen LogP contribution in [0.2, 0.25) is 0 Å². The van der Waals surface area contributed by atoms with Crippen LogP contribution in [0.25, 0.3) is 4.85 Å². The highest BCUT2D eigenvalue weighted by atomic mass is 19.4. The first-order valence-corrected chi connectivity index (χ1v) is 6.43. The third-order valence-electron chi connectivity index (χ3n) is 3.44. The number of hydrogen-bond donors (Lipinski definition) is 1. The van der Waals surface area contributed by atoms with Crippen LogP contribution in [0.15, 0.2) is 18.2 Å². The number of cyclic esters (lactones) is 1. The average Bonchev–Trinajstić information content (AvgIpc) is 2.71. The first-order valence-electron chi connectivity index (χ1n) is 6.43. The lowest BCUT2D eigenvalue weighted by molar-refractivity contribution is -0.136. The maximum absolute atomic E-state index is 13.0. The molecule has 118 valence electrons. The van der Waals surface area contributed by atoms with Gasteiger partial charge in [-0.1, -0.05) is 6.07 Å². The van der Waals surface area contributed by atoms with Gasteiger partial charge in [0.05, 0.1) is 18.2 Å². The summed E-state index contributed by atoms with van der Waals surface area (Å²) in [6.07, 6.45) is -7.20. The zero-order valence-electron chi connectivity index (χ0n) is 11.8. The van der Waals surface area contributed by atoms with E-state index in [4.69, 9.17) is 11.3 Å². The van der Waals surface area contributed by atoms with E-state index in [0.717, 1.165) is 17.0 Å². The number of benzene rings is 1. The van der Waals surface area contributed by atoms with Gasteiger partial charge in [0.25, 0.3) is 0 Å². The summed E-state index contributed by atoms with van der Waals surface area (Å²) < 4.78 is 44.0. The molecule has 1 aliphatic rings. The molecule has 1 saturated heterocycles. The van der Waals surface area contributed by atoms with E-state index in [1.807, 2.05) is 0 Å². The number of ether oxygens (including phenoxy) is 1. The second-order valence-corrected chi connectivity index (χ2v) is 5.00. The van der Waals surface area contributed by atoms with Gasteiger partial charge < -0.3 is 9.84 Å². The van der Waals surface area contributed by atoms with Crippen molar-refractivity contribution in [1.29, 1.82) is 0 Å². The Morgan fingerprint density at radius 3 is 2.59 bits per heavy atom. The summed E-state index contributed by atoms with van der Waals surface area (Å²) in [6, 6.07) is 2.16. The fraction of sp³-hybridized carbons (Fsp3) is 0.429. The number of nitrogens with zero attached hydrogens (tertiary/aromatic N) is 2.